The number of nitriles is 1. The number of hydrogen-bond acceptors (Lipinski definition) is 9. The first-order valence-corrected chi connectivity index (χ1v) is 12.3. The molecule has 2 aromatic carbocycles. The van der Waals surface area contributed by atoms with Gasteiger partial charge < -0.3 is 9.47 Å². The molecule has 9 nitrogen and oxygen atoms in total. The van der Waals surface area contributed by atoms with Gasteiger partial charge in [-0.05, 0) is 42.3 Å². The van der Waals surface area contributed by atoms with Crippen molar-refractivity contribution in [2.24, 2.45) is 0 Å². The number of rotatable bonds is 9. The Morgan fingerprint density at radius 3 is 2.48 bits per heavy atom. The zero-order valence-corrected chi connectivity index (χ0v) is 19.4. The van der Waals surface area contributed by atoms with Gasteiger partial charge >= 0.3 is 0 Å². The highest BCUT2D eigenvalue weighted by molar-refractivity contribution is 7.90. The maximum absolute atomic E-state index is 12.3. The second-order valence-corrected chi connectivity index (χ2v) is 9.47. The van der Waals surface area contributed by atoms with Crippen LogP contribution in [0.15, 0.2) is 59.3 Å². The van der Waals surface area contributed by atoms with Crippen LogP contribution in [0.1, 0.15) is 11.1 Å². The van der Waals surface area contributed by atoms with E-state index in [2.05, 4.69) is 14.7 Å². The van der Waals surface area contributed by atoms with E-state index in [4.69, 9.17) is 9.47 Å². The topological polar surface area (TPSA) is 131 Å². The van der Waals surface area contributed by atoms with Crippen molar-refractivity contribution >= 4 is 38.5 Å². The van der Waals surface area contributed by atoms with Gasteiger partial charge in [0.1, 0.15) is 36.4 Å². The maximum Gasteiger partial charge on any atom is 0.268 e. The number of aromatic nitrogens is 2. The molecule has 0 aliphatic heterocycles. The molecule has 3 rings (SSSR count). The third-order valence-corrected chi connectivity index (χ3v) is 5.81. The van der Waals surface area contributed by atoms with Crippen molar-refractivity contribution < 1.29 is 22.7 Å². The maximum atomic E-state index is 12.3. The molecule has 1 heterocycles. The van der Waals surface area contributed by atoms with Crippen LogP contribution in [0.2, 0.25) is 0 Å². The number of aryl methyl sites for hydroxylation is 1. The monoisotopic (exact) mass is 484 g/mol. The van der Waals surface area contributed by atoms with E-state index in [9.17, 15) is 18.5 Å². The van der Waals surface area contributed by atoms with Crippen LogP contribution in [0, 0.1) is 18.3 Å². The lowest BCUT2D eigenvalue weighted by atomic mass is 10.1. The minimum absolute atomic E-state index is 0.0155. The van der Waals surface area contributed by atoms with Crippen LogP contribution in [0.3, 0.4) is 0 Å². The normalized spacial score (nSPS) is 11.5. The molecule has 0 radical (unpaired) electrons. The summed E-state index contributed by atoms with van der Waals surface area (Å²) in [5, 5.41) is 11.3. The van der Waals surface area contributed by atoms with Crippen molar-refractivity contribution in [1.82, 2.24) is 9.36 Å². The van der Waals surface area contributed by atoms with Gasteiger partial charge in [0.25, 0.3) is 11.1 Å². The standard InChI is InChI=1S/C22H20N4O5S2/c1-15-5-3-4-6-19(15)31-12-11-30-18-9-7-16(8-10-18)13-17(14-23)20(27)24-21-25-22(26-32-21)33(2,28)29/h3-10,13H,11-12H2,1-2H3,(H,24,25,26,27)/b17-13-. The van der Waals surface area contributed by atoms with Gasteiger partial charge in [-0.15, -0.1) is 0 Å². The minimum atomic E-state index is -3.58. The Labute approximate surface area is 195 Å². The molecule has 1 amide bonds. The number of anilines is 1. The summed E-state index contributed by atoms with van der Waals surface area (Å²) < 4.78 is 37.9. The van der Waals surface area contributed by atoms with Gasteiger partial charge in [0.15, 0.2) is 0 Å². The van der Waals surface area contributed by atoms with Gasteiger partial charge in [0.05, 0.1) is 0 Å². The number of sulfone groups is 1. The Hall–Kier alpha value is -3.75. The van der Waals surface area contributed by atoms with Crippen molar-refractivity contribution in [3.63, 3.8) is 0 Å². The van der Waals surface area contributed by atoms with Crippen LogP contribution in [-0.2, 0) is 14.6 Å². The van der Waals surface area contributed by atoms with Crippen molar-refractivity contribution in [3.05, 3.63) is 65.2 Å². The number of carbonyl (C=O) groups excluding carboxylic acids is 1. The number of para-hydroxylation sites is 1. The average Bonchev–Trinajstić information content (AvgIpc) is 3.26. The second kappa shape index (κ2) is 10.7. The fraction of sp³-hybridized carbons (Fsp3) is 0.182. The first-order chi connectivity index (χ1) is 15.8. The molecule has 170 valence electrons. The van der Waals surface area contributed by atoms with Crippen LogP contribution in [0.5, 0.6) is 11.5 Å². The molecule has 0 atom stereocenters. The molecule has 11 heteroatoms. The second-order valence-electron chi connectivity index (χ2n) is 6.81. The molecule has 0 fully saturated rings. The molecule has 33 heavy (non-hydrogen) atoms. The lowest BCUT2D eigenvalue weighted by molar-refractivity contribution is -0.112. The molecular weight excluding hydrogens is 464 g/mol. The molecule has 1 N–H and O–H groups in total. The summed E-state index contributed by atoms with van der Waals surface area (Å²) in [6, 6.07) is 16.4. The molecule has 0 aliphatic carbocycles. The number of amides is 1. The van der Waals surface area contributed by atoms with Crippen LogP contribution in [0.25, 0.3) is 6.08 Å². The lowest BCUT2D eigenvalue weighted by Gasteiger charge is -2.10. The molecule has 0 bridgehead atoms. The smallest absolute Gasteiger partial charge is 0.268 e. The molecular formula is C22H20N4O5S2. The number of nitrogens with zero attached hydrogens (tertiary/aromatic N) is 3. The number of nitrogens with one attached hydrogen (secondary N) is 1. The highest BCUT2D eigenvalue weighted by Crippen LogP contribution is 2.19. The SMILES string of the molecule is Cc1ccccc1OCCOc1ccc(/C=C(/C#N)C(=O)Nc2nc(S(C)(=O)=O)ns2)cc1. The molecule has 1 aromatic heterocycles. The van der Waals surface area contributed by atoms with Crippen LogP contribution in [-0.4, -0.2) is 43.2 Å². The number of carbonyl (C=O) groups is 1. The van der Waals surface area contributed by atoms with Crippen LogP contribution < -0.4 is 14.8 Å². The van der Waals surface area contributed by atoms with E-state index < -0.39 is 15.7 Å². The van der Waals surface area contributed by atoms with E-state index >= 15 is 0 Å². The van der Waals surface area contributed by atoms with E-state index in [0.717, 1.165) is 17.6 Å². The summed E-state index contributed by atoms with van der Waals surface area (Å²) in [6.45, 7) is 2.71. The van der Waals surface area contributed by atoms with Gasteiger partial charge in [-0.2, -0.15) is 14.6 Å². The van der Waals surface area contributed by atoms with Gasteiger partial charge in [-0.1, -0.05) is 30.3 Å². The highest BCUT2D eigenvalue weighted by Gasteiger charge is 2.17. The predicted octanol–water partition coefficient (Wildman–Crippen LogP) is 3.25. The fourth-order valence-corrected chi connectivity index (χ4v) is 4.02. The first kappa shape index (κ1) is 23.9. The quantitative estimate of drug-likeness (QED) is 0.278. The molecule has 0 aliphatic rings. The summed E-state index contributed by atoms with van der Waals surface area (Å²) in [5.41, 5.74) is 1.48. The summed E-state index contributed by atoms with van der Waals surface area (Å²) in [7, 11) is -3.58. The van der Waals surface area contributed by atoms with Gasteiger partial charge in [-0.3, -0.25) is 10.1 Å². The van der Waals surface area contributed by atoms with Gasteiger partial charge in [0.2, 0.25) is 15.0 Å². The molecule has 0 saturated heterocycles. The lowest BCUT2D eigenvalue weighted by Crippen LogP contribution is -2.13. The number of hydrogen-bond donors (Lipinski definition) is 1. The third-order valence-electron chi connectivity index (χ3n) is 4.22. The molecule has 0 spiro atoms. The van der Waals surface area contributed by atoms with Crippen molar-refractivity contribution in [1.29, 1.82) is 5.26 Å². The zero-order valence-electron chi connectivity index (χ0n) is 17.8. The fourth-order valence-electron chi connectivity index (χ4n) is 2.58. The van der Waals surface area contributed by atoms with E-state index in [-0.39, 0.29) is 15.9 Å². The van der Waals surface area contributed by atoms with Gasteiger partial charge in [-0.25, -0.2) is 8.42 Å². The largest absolute Gasteiger partial charge is 0.490 e. The molecule has 3 aromatic rings. The van der Waals surface area contributed by atoms with E-state index in [0.29, 0.717) is 36.1 Å². The predicted molar refractivity (Wildman–Crippen MR) is 124 cm³/mol. The molecule has 0 unspecified atom stereocenters. The Bertz CT molecular complexity index is 1310. The Balaban J connectivity index is 1.55. The first-order valence-electron chi connectivity index (χ1n) is 9.64. The van der Waals surface area contributed by atoms with Crippen LogP contribution >= 0.6 is 11.5 Å². The number of benzene rings is 2. The van der Waals surface area contributed by atoms with Gasteiger partial charge in [0, 0.05) is 17.8 Å². The Morgan fingerprint density at radius 2 is 1.85 bits per heavy atom. The molecule has 0 saturated carbocycles. The summed E-state index contributed by atoms with van der Waals surface area (Å²) in [5.74, 6) is 0.706. The van der Waals surface area contributed by atoms with Crippen molar-refractivity contribution in [2.45, 2.75) is 12.1 Å². The van der Waals surface area contributed by atoms with E-state index in [1.54, 1.807) is 24.3 Å². The zero-order chi connectivity index (χ0) is 23.8. The minimum Gasteiger partial charge on any atom is -0.490 e. The third kappa shape index (κ3) is 6.86. The highest BCUT2D eigenvalue weighted by atomic mass is 32.2. The van der Waals surface area contributed by atoms with Crippen molar-refractivity contribution in [3.8, 4) is 17.6 Å². The summed E-state index contributed by atoms with van der Waals surface area (Å²) >= 11 is 0.714. The summed E-state index contributed by atoms with van der Waals surface area (Å²) in [4.78, 5) is 16.1. The average molecular weight is 485 g/mol. The number of ether oxygens (including phenoxy) is 2. The van der Waals surface area contributed by atoms with Crippen LogP contribution in [0.4, 0.5) is 5.13 Å². The Morgan fingerprint density at radius 1 is 1.15 bits per heavy atom. The summed E-state index contributed by atoms with van der Waals surface area (Å²) in [6.07, 6.45) is 2.37. The Kier molecular flexibility index (Phi) is 7.76. The van der Waals surface area contributed by atoms with Crippen molar-refractivity contribution in [2.75, 3.05) is 24.8 Å². The van der Waals surface area contributed by atoms with E-state index in [1.807, 2.05) is 37.3 Å². The van der Waals surface area contributed by atoms with E-state index in [1.165, 1.54) is 6.08 Å².